The van der Waals surface area contributed by atoms with Crippen molar-refractivity contribution in [3.05, 3.63) is 29.8 Å². The molecule has 1 aromatic rings. The molecule has 1 aromatic carbocycles. The summed E-state index contributed by atoms with van der Waals surface area (Å²) in [6.07, 6.45) is 0.980. The Balaban J connectivity index is 2.73. The van der Waals surface area contributed by atoms with Crippen molar-refractivity contribution in [2.75, 3.05) is 5.32 Å². The summed E-state index contributed by atoms with van der Waals surface area (Å²) < 4.78 is 40.6. The number of carbonyl (C=O) groups excluding carboxylic acids is 1. The lowest BCUT2D eigenvalue weighted by Crippen LogP contribution is -2.11. The summed E-state index contributed by atoms with van der Waals surface area (Å²) in [6, 6.07) is 3.87. The maximum Gasteiger partial charge on any atom is 0.425 e. The average Bonchev–Trinajstić information content (AvgIpc) is 2.17. The summed E-state index contributed by atoms with van der Waals surface area (Å²) in [6.45, 7) is 0. The van der Waals surface area contributed by atoms with Crippen LogP contribution in [0.5, 0.6) is 0 Å². The Hall–Kier alpha value is -2.16. The van der Waals surface area contributed by atoms with Crippen molar-refractivity contribution in [2.45, 2.75) is 6.18 Å². The van der Waals surface area contributed by atoms with Crippen molar-refractivity contribution < 1.29 is 22.7 Å². The Morgan fingerprint density at radius 1 is 1.31 bits per heavy atom. The topological polar surface area (TPSA) is 38.3 Å². The highest BCUT2D eigenvalue weighted by Gasteiger charge is 2.29. The van der Waals surface area contributed by atoms with Gasteiger partial charge < -0.3 is 4.74 Å². The van der Waals surface area contributed by atoms with E-state index in [1.165, 1.54) is 0 Å². The molecule has 0 fully saturated rings. The number of rotatable bonds is 1. The van der Waals surface area contributed by atoms with Gasteiger partial charge in [-0.3, -0.25) is 5.32 Å². The fraction of sp³-hybridized carbons (Fsp3) is 0.100. The van der Waals surface area contributed by atoms with Crippen molar-refractivity contribution in [1.82, 2.24) is 0 Å². The second kappa shape index (κ2) is 4.57. The van der Waals surface area contributed by atoms with E-state index >= 15 is 0 Å². The predicted octanol–water partition coefficient (Wildman–Crippen LogP) is 2.84. The van der Waals surface area contributed by atoms with Crippen LogP contribution in [0.15, 0.2) is 24.3 Å². The van der Waals surface area contributed by atoms with Gasteiger partial charge in [-0.1, -0.05) is 6.42 Å². The van der Waals surface area contributed by atoms with Crippen LogP contribution >= 0.6 is 0 Å². The second-order valence-corrected chi connectivity index (χ2v) is 2.71. The van der Waals surface area contributed by atoms with Crippen molar-refractivity contribution in [1.29, 1.82) is 0 Å². The van der Waals surface area contributed by atoms with Crippen LogP contribution in [-0.4, -0.2) is 6.09 Å². The Morgan fingerprint density at radius 3 is 2.31 bits per heavy atom. The number of nitrogens with one attached hydrogen (secondary N) is 1. The van der Waals surface area contributed by atoms with Crippen LogP contribution in [0.25, 0.3) is 0 Å². The van der Waals surface area contributed by atoms with Crippen LogP contribution in [-0.2, 0) is 10.9 Å². The first kappa shape index (κ1) is 11.9. The van der Waals surface area contributed by atoms with Gasteiger partial charge in [-0.15, -0.1) is 0 Å². The second-order valence-electron chi connectivity index (χ2n) is 2.71. The lowest BCUT2D eigenvalue weighted by molar-refractivity contribution is -0.137. The number of alkyl halides is 3. The molecule has 0 unspecified atom stereocenters. The molecule has 0 spiro atoms. The molecular weight excluding hydrogens is 223 g/mol. The molecule has 16 heavy (non-hydrogen) atoms. The molecule has 0 atom stereocenters. The Kier molecular flexibility index (Phi) is 3.40. The summed E-state index contributed by atoms with van der Waals surface area (Å²) in [5, 5.41) is 2.15. The molecule has 1 rings (SSSR count). The minimum atomic E-state index is -4.40. The Labute approximate surface area is 89.2 Å². The number of halogens is 3. The predicted molar refractivity (Wildman–Crippen MR) is 50.4 cm³/mol. The van der Waals surface area contributed by atoms with E-state index in [1.807, 2.05) is 0 Å². The Bertz CT molecular complexity index is 417. The highest BCUT2D eigenvalue weighted by atomic mass is 19.4. The van der Waals surface area contributed by atoms with Crippen LogP contribution < -0.4 is 5.32 Å². The molecule has 84 valence electrons. The fourth-order valence-electron chi connectivity index (χ4n) is 0.939. The van der Waals surface area contributed by atoms with E-state index < -0.39 is 17.8 Å². The van der Waals surface area contributed by atoms with Gasteiger partial charge in [0.1, 0.15) is 6.11 Å². The fourth-order valence-corrected chi connectivity index (χ4v) is 0.939. The third kappa shape index (κ3) is 3.20. The quantitative estimate of drug-likeness (QED) is 0.752. The van der Waals surface area contributed by atoms with Gasteiger partial charge >= 0.3 is 12.3 Å². The van der Waals surface area contributed by atoms with E-state index in [0.717, 1.165) is 24.3 Å². The molecule has 1 N–H and O–H groups in total. The summed E-state index contributed by atoms with van der Waals surface area (Å²) in [7, 11) is 0. The van der Waals surface area contributed by atoms with Gasteiger partial charge in [0, 0.05) is 5.69 Å². The van der Waals surface area contributed by atoms with E-state index in [0.29, 0.717) is 0 Å². The van der Waals surface area contributed by atoms with Crippen LogP contribution in [0.4, 0.5) is 23.7 Å². The van der Waals surface area contributed by atoms with Crippen molar-refractivity contribution in [2.24, 2.45) is 0 Å². The Morgan fingerprint density at radius 2 is 1.88 bits per heavy atom. The van der Waals surface area contributed by atoms with Gasteiger partial charge in [0.25, 0.3) is 0 Å². The smallest absolute Gasteiger partial charge is 0.356 e. The van der Waals surface area contributed by atoms with Crippen LogP contribution in [0.2, 0.25) is 0 Å². The van der Waals surface area contributed by atoms with E-state index in [9.17, 15) is 18.0 Å². The number of terminal acetylenes is 1. The van der Waals surface area contributed by atoms with Crippen LogP contribution in [0.3, 0.4) is 0 Å². The van der Waals surface area contributed by atoms with E-state index in [2.05, 4.69) is 16.5 Å². The first-order valence-electron chi connectivity index (χ1n) is 4.04. The van der Waals surface area contributed by atoms with Gasteiger partial charge in [0.2, 0.25) is 0 Å². The summed E-state index contributed by atoms with van der Waals surface area (Å²) in [5.41, 5.74) is -0.642. The zero-order valence-electron chi connectivity index (χ0n) is 7.84. The first-order chi connectivity index (χ1) is 7.43. The normalized spacial score (nSPS) is 10.4. The molecule has 0 aromatic heterocycles. The number of hydrogen-bond donors (Lipinski definition) is 1. The molecule has 0 bridgehead atoms. The van der Waals surface area contributed by atoms with Crippen molar-refractivity contribution >= 4 is 11.8 Å². The van der Waals surface area contributed by atoms with Gasteiger partial charge in [0.05, 0.1) is 5.56 Å². The van der Waals surface area contributed by atoms with Gasteiger partial charge in [-0.25, -0.2) is 4.79 Å². The molecule has 3 nitrogen and oxygen atoms in total. The molecule has 6 heteroatoms. The molecule has 0 saturated carbocycles. The molecule has 0 aliphatic heterocycles. The first-order valence-corrected chi connectivity index (χ1v) is 4.04. The molecule has 0 aliphatic rings. The molecular formula is C10H6F3NO2. The van der Waals surface area contributed by atoms with Gasteiger partial charge in [-0.2, -0.15) is 13.2 Å². The highest BCUT2D eigenvalue weighted by Crippen LogP contribution is 2.29. The van der Waals surface area contributed by atoms with Gasteiger partial charge in [0.15, 0.2) is 0 Å². The lowest BCUT2D eigenvalue weighted by atomic mass is 10.2. The van der Waals surface area contributed by atoms with Crippen LogP contribution in [0, 0.1) is 12.5 Å². The molecule has 0 heterocycles. The number of ether oxygens (including phenoxy) is 1. The van der Waals surface area contributed by atoms with E-state index in [1.54, 1.807) is 6.11 Å². The number of amides is 1. The third-order valence-corrected chi connectivity index (χ3v) is 1.61. The maximum atomic E-state index is 12.2. The monoisotopic (exact) mass is 229 g/mol. The standard InChI is InChI=1S/C10H6F3NO2/c1-2-16-9(15)14-8-5-3-7(4-6-8)10(11,12)13/h1,3-6H,(H,14,15). The van der Waals surface area contributed by atoms with Gasteiger partial charge in [-0.05, 0) is 24.3 Å². The molecule has 0 radical (unpaired) electrons. The minimum absolute atomic E-state index is 0.160. The third-order valence-electron chi connectivity index (χ3n) is 1.61. The zero-order valence-corrected chi connectivity index (χ0v) is 7.84. The zero-order chi connectivity index (χ0) is 12.2. The number of anilines is 1. The molecule has 0 saturated heterocycles. The lowest BCUT2D eigenvalue weighted by Gasteiger charge is -2.07. The number of hydrogen-bond acceptors (Lipinski definition) is 2. The van der Waals surface area contributed by atoms with Crippen molar-refractivity contribution in [3.63, 3.8) is 0 Å². The highest BCUT2D eigenvalue weighted by molar-refractivity contribution is 5.85. The summed E-state index contributed by atoms with van der Waals surface area (Å²) in [4.78, 5) is 10.8. The summed E-state index contributed by atoms with van der Waals surface area (Å²) >= 11 is 0. The SMILES string of the molecule is C#COC(=O)Nc1ccc(C(F)(F)F)cc1. The molecule has 1 amide bonds. The van der Waals surface area contributed by atoms with Crippen molar-refractivity contribution in [3.8, 4) is 12.5 Å². The van der Waals surface area contributed by atoms with Crippen LogP contribution in [0.1, 0.15) is 5.56 Å². The maximum absolute atomic E-state index is 12.2. The number of benzene rings is 1. The van der Waals surface area contributed by atoms with E-state index in [-0.39, 0.29) is 5.69 Å². The largest absolute Gasteiger partial charge is 0.425 e. The summed E-state index contributed by atoms with van der Waals surface area (Å²) in [5.74, 6) is 0. The number of carbonyl (C=O) groups is 1. The van der Waals surface area contributed by atoms with E-state index in [4.69, 9.17) is 0 Å². The minimum Gasteiger partial charge on any atom is -0.356 e. The molecule has 0 aliphatic carbocycles. The average molecular weight is 229 g/mol.